The summed E-state index contributed by atoms with van der Waals surface area (Å²) in [6, 6.07) is 6.49. The lowest BCUT2D eigenvalue weighted by Gasteiger charge is -2.32. The number of halogens is 3. The van der Waals surface area contributed by atoms with Crippen LogP contribution in [0.2, 0.25) is 0 Å². The van der Waals surface area contributed by atoms with Gasteiger partial charge >= 0.3 is 0 Å². The van der Waals surface area contributed by atoms with E-state index in [0.29, 0.717) is 25.2 Å². The number of imidazole rings is 1. The molecule has 10 heteroatoms. The number of fused-ring (bicyclic) bond motifs is 1. The molecule has 3 aromatic rings. The lowest BCUT2D eigenvalue weighted by molar-refractivity contribution is 0.0713. The summed E-state index contributed by atoms with van der Waals surface area (Å²) in [6.45, 7) is 1.07. The molecule has 2 aromatic heterocycles. The number of H-pyrrole nitrogens is 1. The number of likely N-dealkylation sites (tertiary alicyclic amines) is 1. The molecule has 1 aliphatic carbocycles. The minimum atomic E-state index is -5.28. The van der Waals surface area contributed by atoms with E-state index in [0.717, 1.165) is 53.2 Å². The number of hydrogen-bond acceptors (Lipinski definition) is 4. The lowest BCUT2D eigenvalue weighted by Crippen LogP contribution is -2.38. The average molecular weight is 475 g/mol. The molecule has 3 heterocycles. The second-order valence-corrected chi connectivity index (χ2v) is 9.37. The summed E-state index contributed by atoms with van der Waals surface area (Å²) in [6.07, 6.45) is 3.92. The Kier molecular flexibility index (Phi) is 5.42. The van der Waals surface area contributed by atoms with Crippen molar-refractivity contribution in [1.29, 1.82) is 0 Å². The van der Waals surface area contributed by atoms with Crippen LogP contribution in [-0.2, 0) is 4.74 Å². The van der Waals surface area contributed by atoms with Crippen molar-refractivity contribution in [3.8, 4) is 0 Å². The zero-order valence-corrected chi connectivity index (χ0v) is 18.6. The van der Waals surface area contributed by atoms with Crippen molar-refractivity contribution in [1.82, 2.24) is 19.9 Å². The van der Waals surface area contributed by atoms with Crippen LogP contribution in [0.3, 0.4) is 0 Å². The molecule has 172 valence electrons. The first-order valence-electron chi connectivity index (χ1n) is 10.5. The predicted molar refractivity (Wildman–Crippen MR) is 119 cm³/mol. The normalized spacial score (nSPS) is 17.4. The molecule has 0 atom stereocenters. The molecule has 1 fully saturated rings. The quantitative estimate of drug-likeness (QED) is 0.481. The van der Waals surface area contributed by atoms with Crippen molar-refractivity contribution in [2.75, 3.05) is 20.2 Å². The number of nitrogens with zero attached hydrogens (tertiary/aromatic N) is 3. The molecule has 33 heavy (non-hydrogen) atoms. The van der Waals surface area contributed by atoms with E-state index in [4.69, 9.17) is 4.74 Å². The number of piperidine rings is 1. The molecule has 0 radical (unpaired) electrons. The van der Waals surface area contributed by atoms with Gasteiger partial charge in [0.05, 0.1) is 17.5 Å². The highest BCUT2D eigenvalue weighted by atomic mass is 32.3. The van der Waals surface area contributed by atoms with Crippen LogP contribution in [0.25, 0.3) is 16.7 Å². The van der Waals surface area contributed by atoms with E-state index < -0.39 is 16.1 Å². The van der Waals surface area contributed by atoms with E-state index in [-0.39, 0.29) is 17.4 Å². The molecule has 0 unspecified atom stereocenters. The summed E-state index contributed by atoms with van der Waals surface area (Å²) in [4.78, 5) is 26.2. The molecule has 0 saturated carbocycles. The fraction of sp³-hybridized carbons (Fsp3) is 0.304. The van der Waals surface area contributed by atoms with Crippen LogP contribution >= 0.6 is 11.2 Å². The predicted octanol–water partition coefficient (Wildman–Crippen LogP) is 5.71. The largest absolute Gasteiger partial charge is 0.493 e. The van der Waals surface area contributed by atoms with Gasteiger partial charge in [0.1, 0.15) is 11.6 Å². The lowest BCUT2D eigenvalue weighted by atomic mass is 9.89. The molecule has 1 aliphatic heterocycles. The zero-order valence-electron chi connectivity index (χ0n) is 17.8. The number of methoxy groups -OCH3 is 1. The number of carbonyl (C=O) groups is 1. The summed E-state index contributed by atoms with van der Waals surface area (Å²) in [7, 11) is 1.62. The molecule has 0 spiro atoms. The highest BCUT2D eigenvalue weighted by Crippen LogP contribution is 2.60. The van der Waals surface area contributed by atoms with E-state index in [2.05, 4.69) is 20.7 Å². The van der Waals surface area contributed by atoms with Crippen molar-refractivity contribution in [2.45, 2.75) is 30.1 Å². The van der Waals surface area contributed by atoms with Crippen LogP contribution < -0.4 is 0 Å². The van der Waals surface area contributed by atoms with Gasteiger partial charge in [-0.1, -0.05) is 5.73 Å². The van der Waals surface area contributed by atoms with Gasteiger partial charge in [-0.3, -0.25) is 4.79 Å². The van der Waals surface area contributed by atoms with E-state index in [1.54, 1.807) is 18.2 Å². The average Bonchev–Trinajstić information content (AvgIpc) is 3.21. The van der Waals surface area contributed by atoms with Gasteiger partial charge in [-0.2, -0.15) is 0 Å². The monoisotopic (exact) mass is 474 g/mol. The molecule has 1 saturated heterocycles. The van der Waals surface area contributed by atoms with Gasteiger partial charge in [0.15, 0.2) is 5.65 Å². The maximum atomic E-state index is 12.9. The Labute approximate surface area is 190 Å². The molecule has 2 aliphatic rings. The van der Waals surface area contributed by atoms with Gasteiger partial charge in [-0.25, -0.2) is 9.97 Å². The minimum absolute atomic E-state index is 0.226. The zero-order chi connectivity index (χ0) is 23.2. The SMILES string of the molecule is COC1=C=C(c2nc3nccc(C4CCN(C(=O)c5ccc(S(F)(F)F)cc5)CC4)c3[nH]2)C1. The molecule has 1 amide bonds. The number of aromatic amines is 1. The van der Waals surface area contributed by atoms with Crippen LogP contribution in [0.5, 0.6) is 0 Å². The molecular formula is C23H21F3N4O2S. The smallest absolute Gasteiger partial charge is 0.253 e. The molecule has 6 nitrogen and oxygen atoms in total. The van der Waals surface area contributed by atoms with Crippen molar-refractivity contribution in [3.63, 3.8) is 0 Å². The first-order valence-corrected chi connectivity index (χ1v) is 11.9. The van der Waals surface area contributed by atoms with Crippen LogP contribution in [0.4, 0.5) is 11.7 Å². The number of amides is 1. The number of aromatic nitrogens is 3. The molecule has 1 aromatic carbocycles. The molecular weight excluding hydrogens is 453 g/mol. The highest BCUT2D eigenvalue weighted by molar-refractivity contribution is 8.20. The standard InChI is InChI=1S/C23H21F3N4O2S/c1-32-17-12-16(13-17)21-28-20-19(6-9-27-22(20)29-21)14-7-10-30(11-8-14)23(31)15-2-4-18(5-3-15)33(24,25)26/h2-6,9,14H,7-8,10-12H2,1H3,(H,27,28,29). The second kappa shape index (κ2) is 8.28. The first kappa shape index (κ1) is 21.6. The van der Waals surface area contributed by atoms with Crippen LogP contribution in [0.15, 0.2) is 52.9 Å². The topological polar surface area (TPSA) is 71.1 Å². The number of nitrogens with one attached hydrogen (secondary N) is 1. The van der Waals surface area contributed by atoms with E-state index in [1.807, 2.05) is 6.07 Å². The van der Waals surface area contributed by atoms with Gasteiger partial charge in [0.25, 0.3) is 5.91 Å². The van der Waals surface area contributed by atoms with Crippen molar-refractivity contribution >= 4 is 33.8 Å². The van der Waals surface area contributed by atoms with Crippen LogP contribution in [0, 0.1) is 0 Å². The van der Waals surface area contributed by atoms with Gasteiger partial charge in [-0.05, 0) is 54.7 Å². The van der Waals surface area contributed by atoms with Crippen molar-refractivity contribution in [2.24, 2.45) is 0 Å². The fourth-order valence-electron chi connectivity index (χ4n) is 4.32. The third-order valence-electron chi connectivity index (χ3n) is 6.17. The summed E-state index contributed by atoms with van der Waals surface area (Å²) in [5.74, 6) is 1.52. The third kappa shape index (κ3) is 4.12. The first-order chi connectivity index (χ1) is 15.8. The second-order valence-electron chi connectivity index (χ2n) is 8.09. The number of benzene rings is 1. The number of ether oxygens (including phenoxy) is 1. The number of carbonyl (C=O) groups excluding carboxylic acids is 1. The van der Waals surface area contributed by atoms with Crippen LogP contribution in [-0.4, -0.2) is 46.0 Å². The van der Waals surface area contributed by atoms with Crippen molar-refractivity contribution in [3.05, 3.63) is 65.0 Å². The van der Waals surface area contributed by atoms with Gasteiger partial charge in [0, 0.05) is 36.8 Å². The Hall–Kier alpha value is -3.23. The Morgan fingerprint density at radius 3 is 2.52 bits per heavy atom. The summed E-state index contributed by atoms with van der Waals surface area (Å²) in [5, 5.41) is 0. The number of hydrogen-bond donors (Lipinski definition) is 1. The summed E-state index contributed by atoms with van der Waals surface area (Å²) in [5.41, 5.74) is 7.02. The Balaban J connectivity index is 1.30. The maximum absolute atomic E-state index is 12.9. The third-order valence-corrected chi connectivity index (χ3v) is 6.98. The minimum Gasteiger partial charge on any atom is -0.493 e. The fourth-order valence-corrected chi connectivity index (χ4v) is 4.76. The van der Waals surface area contributed by atoms with Gasteiger partial charge in [-0.15, -0.1) is 11.7 Å². The molecule has 5 rings (SSSR count). The molecule has 0 bridgehead atoms. The summed E-state index contributed by atoms with van der Waals surface area (Å²) >= 11 is -5.28. The maximum Gasteiger partial charge on any atom is 0.253 e. The van der Waals surface area contributed by atoms with E-state index >= 15 is 0 Å². The van der Waals surface area contributed by atoms with Gasteiger partial charge < -0.3 is 14.6 Å². The van der Waals surface area contributed by atoms with Crippen molar-refractivity contribution < 1.29 is 21.2 Å². The number of rotatable bonds is 5. The molecule has 1 N–H and O–H groups in total. The Morgan fingerprint density at radius 2 is 1.88 bits per heavy atom. The van der Waals surface area contributed by atoms with Gasteiger partial charge in [0.2, 0.25) is 11.2 Å². The van der Waals surface area contributed by atoms with E-state index in [1.165, 1.54) is 12.1 Å². The Morgan fingerprint density at radius 1 is 1.18 bits per heavy atom. The van der Waals surface area contributed by atoms with Crippen LogP contribution in [0.1, 0.15) is 46.9 Å². The summed E-state index contributed by atoms with van der Waals surface area (Å²) < 4.78 is 43.7. The van der Waals surface area contributed by atoms with E-state index in [9.17, 15) is 16.5 Å². The Bertz CT molecular complexity index is 1290. The highest BCUT2D eigenvalue weighted by Gasteiger charge is 2.28. The number of pyridine rings is 1.